The fourth-order valence-corrected chi connectivity index (χ4v) is 2.78. The first-order chi connectivity index (χ1) is 10.5. The molecule has 0 aliphatic carbocycles. The van der Waals surface area contributed by atoms with Gasteiger partial charge >= 0.3 is 0 Å². The molecule has 3 rings (SSSR count). The van der Waals surface area contributed by atoms with Crippen LogP contribution in [0.5, 0.6) is 0 Å². The van der Waals surface area contributed by atoms with E-state index in [1.165, 1.54) is 5.56 Å². The number of aromatic nitrogens is 2. The molecule has 0 bridgehead atoms. The number of rotatable bonds is 3. The predicted octanol–water partition coefficient (Wildman–Crippen LogP) is 1.24. The Labute approximate surface area is 128 Å². The number of benzene rings is 1. The van der Waals surface area contributed by atoms with E-state index in [1.54, 1.807) is 9.58 Å². The standard InChI is InChI=1S/C16H18N4O2/c1-10-3-4-12(7-11(10)2)15-14(16(17)22)13-8-19(9-21)5-6-20(13)18-15/h3-4,7,9H,5-6,8H2,1-2H3,(H2,17,22). The second kappa shape index (κ2) is 5.29. The number of fused-ring (bicyclic) bond motifs is 1. The maximum Gasteiger partial charge on any atom is 0.252 e. The zero-order chi connectivity index (χ0) is 15.9. The predicted molar refractivity (Wildman–Crippen MR) is 82.1 cm³/mol. The lowest BCUT2D eigenvalue weighted by Crippen LogP contribution is -2.34. The normalized spacial score (nSPS) is 13.8. The first kappa shape index (κ1) is 14.3. The summed E-state index contributed by atoms with van der Waals surface area (Å²) in [6.45, 7) is 5.57. The molecular weight excluding hydrogens is 280 g/mol. The summed E-state index contributed by atoms with van der Waals surface area (Å²) in [5.41, 5.74) is 10.5. The molecule has 0 saturated heterocycles. The van der Waals surface area contributed by atoms with E-state index in [0.717, 1.165) is 17.5 Å². The molecule has 1 aliphatic rings. The zero-order valence-electron chi connectivity index (χ0n) is 12.7. The summed E-state index contributed by atoms with van der Waals surface area (Å²) >= 11 is 0. The fourth-order valence-electron chi connectivity index (χ4n) is 2.78. The third kappa shape index (κ3) is 2.26. The van der Waals surface area contributed by atoms with Crippen LogP contribution in [0.15, 0.2) is 18.2 Å². The van der Waals surface area contributed by atoms with Crippen LogP contribution in [0.4, 0.5) is 0 Å². The molecule has 0 atom stereocenters. The minimum absolute atomic E-state index is 0.361. The van der Waals surface area contributed by atoms with Crippen LogP contribution < -0.4 is 5.73 Å². The SMILES string of the molecule is Cc1ccc(-c2nn3c(c2C(N)=O)CN(C=O)CC3)cc1C. The monoisotopic (exact) mass is 298 g/mol. The molecule has 22 heavy (non-hydrogen) atoms. The number of nitrogens with two attached hydrogens (primary N) is 1. The molecule has 0 spiro atoms. The van der Waals surface area contributed by atoms with E-state index in [2.05, 4.69) is 5.10 Å². The third-order valence-corrected chi connectivity index (χ3v) is 4.19. The lowest BCUT2D eigenvalue weighted by molar-refractivity contribution is -0.119. The zero-order valence-corrected chi connectivity index (χ0v) is 12.7. The van der Waals surface area contributed by atoms with E-state index in [9.17, 15) is 9.59 Å². The summed E-state index contributed by atoms with van der Waals surface area (Å²) in [7, 11) is 0. The van der Waals surface area contributed by atoms with E-state index < -0.39 is 5.91 Å². The van der Waals surface area contributed by atoms with Crippen molar-refractivity contribution < 1.29 is 9.59 Å². The fraction of sp³-hybridized carbons (Fsp3) is 0.312. The minimum Gasteiger partial charge on any atom is -0.365 e. The smallest absolute Gasteiger partial charge is 0.252 e. The van der Waals surface area contributed by atoms with E-state index in [4.69, 9.17) is 5.73 Å². The lowest BCUT2D eigenvalue weighted by Gasteiger charge is -2.24. The van der Waals surface area contributed by atoms with Gasteiger partial charge in [0.25, 0.3) is 5.91 Å². The van der Waals surface area contributed by atoms with Crippen molar-refractivity contribution in [3.8, 4) is 11.3 Å². The van der Waals surface area contributed by atoms with Gasteiger partial charge in [0.05, 0.1) is 24.3 Å². The summed E-state index contributed by atoms with van der Waals surface area (Å²) < 4.78 is 1.78. The van der Waals surface area contributed by atoms with Gasteiger partial charge in [-0.05, 0) is 31.0 Å². The number of aryl methyl sites for hydroxylation is 2. The van der Waals surface area contributed by atoms with Gasteiger partial charge in [0.15, 0.2) is 0 Å². The van der Waals surface area contributed by atoms with Crippen LogP contribution in [0.1, 0.15) is 27.2 Å². The molecule has 1 aliphatic heterocycles. The Balaban J connectivity index is 2.16. The maximum absolute atomic E-state index is 11.9. The summed E-state index contributed by atoms with van der Waals surface area (Å²) in [5.74, 6) is -0.512. The number of nitrogens with zero attached hydrogens (tertiary/aromatic N) is 3. The highest BCUT2D eigenvalue weighted by Gasteiger charge is 2.27. The van der Waals surface area contributed by atoms with Gasteiger partial charge in [0.2, 0.25) is 6.41 Å². The van der Waals surface area contributed by atoms with Crippen molar-refractivity contribution in [1.82, 2.24) is 14.7 Å². The Morgan fingerprint density at radius 2 is 2.05 bits per heavy atom. The van der Waals surface area contributed by atoms with Gasteiger partial charge in [0.1, 0.15) is 5.69 Å². The molecule has 0 radical (unpaired) electrons. The van der Waals surface area contributed by atoms with E-state index in [-0.39, 0.29) is 0 Å². The number of hydrogen-bond donors (Lipinski definition) is 1. The largest absolute Gasteiger partial charge is 0.365 e. The Kier molecular flexibility index (Phi) is 3.44. The van der Waals surface area contributed by atoms with Gasteiger partial charge in [-0.1, -0.05) is 12.1 Å². The second-order valence-electron chi connectivity index (χ2n) is 5.63. The molecule has 6 nitrogen and oxygen atoms in total. The van der Waals surface area contributed by atoms with Crippen molar-refractivity contribution in [3.05, 3.63) is 40.6 Å². The van der Waals surface area contributed by atoms with Crippen LogP contribution in [0.25, 0.3) is 11.3 Å². The Hall–Kier alpha value is -2.63. The molecule has 6 heteroatoms. The Bertz CT molecular complexity index is 764. The molecule has 2 aromatic rings. The van der Waals surface area contributed by atoms with Gasteiger partial charge in [-0.15, -0.1) is 0 Å². The van der Waals surface area contributed by atoms with Gasteiger partial charge in [0, 0.05) is 12.1 Å². The number of primary amides is 1. The van der Waals surface area contributed by atoms with Crippen molar-refractivity contribution in [2.75, 3.05) is 6.54 Å². The van der Waals surface area contributed by atoms with Crippen molar-refractivity contribution in [2.45, 2.75) is 26.9 Å². The quantitative estimate of drug-likeness (QED) is 0.866. The topological polar surface area (TPSA) is 81.2 Å². The summed E-state index contributed by atoms with van der Waals surface area (Å²) in [4.78, 5) is 24.5. The highest BCUT2D eigenvalue weighted by atomic mass is 16.1. The average molecular weight is 298 g/mol. The Morgan fingerprint density at radius 3 is 2.68 bits per heavy atom. The maximum atomic E-state index is 11.9. The first-order valence-electron chi connectivity index (χ1n) is 7.17. The van der Waals surface area contributed by atoms with Crippen LogP contribution >= 0.6 is 0 Å². The number of hydrogen-bond acceptors (Lipinski definition) is 3. The average Bonchev–Trinajstić information content (AvgIpc) is 2.88. The highest BCUT2D eigenvalue weighted by molar-refractivity contribution is 6.00. The number of carbonyl (C=O) groups excluding carboxylic acids is 2. The van der Waals surface area contributed by atoms with Crippen LogP contribution in [0.2, 0.25) is 0 Å². The van der Waals surface area contributed by atoms with Crippen molar-refractivity contribution in [1.29, 1.82) is 0 Å². The van der Waals surface area contributed by atoms with Gasteiger partial charge in [-0.2, -0.15) is 5.10 Å². The number of carbonyl (C=O) groups is 2. The van der Waals surface area contributed by atoms with Crippen molar-refractivity contribution in [2.24, 2.45) is 5.73 Å². The lowest BCUT2D eigenvalue weighted by atomic mass is 10.0. The molecule has 0 saturated carbocycles. The van der Waals surface area contributed by atoms with Gasteiger partial charge in [-0.25, -0.2) is 0 Å². The van der Waals surface area contributed by atoms with Gasteiger partial charge < -0.3 is 10.6 Å². The molecule has 2 amide bonds. The van der Waals surface area contributed by atoms with E-state index in [1.807, 2.05) is 32.0 Å². The van der Waals surface area contributed by atoms with Crippen LogP contribution in [0, 0.1) is 13.8 Å². The molecule has 0 fully saturated rings. The molecule has 1 aromatic carbocycles. The summed E-state index contributed by atoms with van der Waals surface area (Å²) in [5, 5.41) is 4.55. The summed E-state index contributed by atoms with van der Waals surface area (Å²) in [6, 6.07) is 5.96. The number of amides is 2. The van der Waals surface area contributed by atoms with Crippen LogP contribution in [-0.2, 0) is 17.9 Å². The van der Waals surface area contributed by atoms with E-state index >= 15 is 0 Å². The van der Waals surface area contributed by atoms with Crippen LogP contribution in [0.3, 0.4) is 0 Å². The second-order valence-corrected chi connectivity index (χ2v) is 5.63. The summed E-state index contributed by atoms with van der Waals surface area (Å²) in [6.07, 6.45) is 0.789. The molecular formula is C16H18N4O2. The molecule has 1 aromatic heterocycles. The molecule has 0 unspecified atom stereocenters. The van der Waals surface area contributed by atoms with Crippen molar-refractivity contribution in [3.63, 3.8) is 0 Å². The highest BCUT2D eigenvalue weighted by Crippen LogP contribution is 2.29. The van der Waals surface area contributed by atoms with E-state index in [0.29, 0.717) is 36.6 Å². The van der Waals surface area contributed by atoms with Gasteiger partial charge in [-0.3, -0.25) is 14.3 Å². The minimum atomic E-state index is -0.512. The van der Waals surface area contributed by atoms with Crippen molar-refractivity contribution >= 4 is 12.3 Å². The third-order valence-electron chi connectivity index (χ3n) is 4.19. The Morgan fingerprint density at radius 1 is 1.27 bits per heavy atom. The molecule has 114 valence electrons. The first-order valence-corrected chi connectivity index (χ1v) is 7.17. The molecule has 2 N–H and O–H groups in total. The molecule has 2 heterocycles. The van der Waals surface area contributed by atoms with Crippen LogP contribution in [-0.4, -0.2) is 33.5 Å².